The van der Waals surface area contributed by atoms with E-state index in [0.717, 1.165) is 13.0 Å². The number of aryl methyl sites for hydroxylation is 1. The van der Waals surface area contributed by atoms with Crippen LogP contribution in [0.15, 0.2) is 4.52 Å². The third-order valence-electron chi connectivity index (χ3n) is 2.36. The Kier molecular flexibility index (Phi) is 4.44. The summed E-state index contributed by atoms with van der Waals surface area (Å²) in [5.74, 6) is 1.26. The summed E-state index contributed by atoms with van der Waals surface area (Å²) < 4.78 is 4.98. The molecule has 5 nitrogen and oxygen atoms in total. The summed E-state index contributed by atoms with van der Waals surface area (Å²) >= 11 is 0. The Morgan fingerprint density at radius 2 is 2.25 bits per heavy atom. The number of hydrogen-bond donors (Lipinski definition) is 1. The van der Waals surface area contributed by atoms with E-state index in [1.807, 2.05) is 0 Å². The minimum Gasteiger partial charge on any atom is -0.338 e. The van der Waals surface area contributed by atoms with Crippen molar-refractivity contribution in [3.63, 3.8) is 0 Å². The SMILES string of the molecule is Cc1noc(CNCC(C)(C)CCC#N)n1. The molecule has 0 atom stereocenters. The van der Waals surface area contributed by atoms with Gasteiger partial charge in [-0.2, -0.15) is 10.2 Å². The van der Waals surface area contributed by atoms with Crippen molar-refractivity contribution >= 4 is 0 Å². The fourth-order valence-corrected chi connectivity index (χ4v) is 1.40. The fourth-order valence-electron chi connectivity index (χ4n) is 1.40. The van der Waals surface area contributed by atoms with Crippen LogP contribution in [0.25, 0.3) is 0 Å². The van der Waals surface area contributed by atoms with E-state index in [1.165, 1.54) is 0 Å². The van der Waals surface area contributed by atoms with E-state index in [4.69, 9.17) is 9.78 Å². The number of hydrogen-bond acceptors (Lipinski definition) is 5. The second-order valence-corrected chi connectivity index (χ2v) is 4.66. The zero-order valence-corrected chi connectivity index (χ0v) is 10.1. The molecule has 0 aliphatic carbocycles. The van der Waals surface area contributed by atoms with Crippen molar-refractivity contribution in [1.82, 2.24) is 15.5 Å². The van der Waals surface area contributed by atoms with Gasteiger partial charge in [0.05, 0.1) is 12.6 Å². The maximum atomic E-state index is 8.53. The number of nitriles is 1. The zero-order chi connectivity index (χ0) is 12.0. The third kappa shape index (κ3) is 4.41. The van der Waals surface area contributed by atoms with Crippen LogP contribution in [0.5, 0.6) is 0 Å². The maximum Gasteiger partial charge on any atom is 0.240 e. The second-order valence-electron chi connectivity index (χ2n) is 4.66. The van der Waals surface area contributed by atoms with Crippen LogP contribution < -0.4 is 5.32 Å². The van der Waals surface area contributed by atoms with Crippen molar-refractivity contribution < 1.29 is 4.52 Å². The Labute approximate surface area is 95.8 Å². The van der Waals surface area contributed by atoms with Gasteiger partial charge in [-0.15, -0.1) is 0 Å². The largest absolute Gasteiger partial charge is 0.338 e. The van der Waals surface area contributed by atoms with Crippen LogP contribution >= 0.6 is 0 Å². The number of nitrogens with zero attached hydrogens (tertiary/aromatic N) is 3. The molecule has 1 N–H and O–H groups in total. The van der Waals surface area contributed by atoms with Gasteiger partial charge in [-0.1, -0.05) is 19.0 Å². The van der Waals surface area contributed by atoms with E-state index in [0.29, 0.717) is 24.7 Å². The highest BCUT2D eigenvalue weighted by Crippen LogP contribution is 2.20. The Morgan fingerprint density at radius 3 is 2.81 bits per heavy atom. The highest BCUT2D eigenvalue weighted by atomic mass is 16.5. The normalized spacial score (nSPS) is 11.4. The van der Waals surface area contributed by atoms with Gasteiger partial charge in [-0.25, -0.2) is 0 Å². The molecule has 0 aromatic carbocycles. The number of aromatic nitrogens is 2. The molecule has 0 aliphatic heterocycles. The van der Waals surface area contributed by atoms with Crippen molar-refractivity contribution in [2.45, 2.75) is 40.2 Å². The van der Waals surface area contributed by atoms with Crippen LogP contribution in [-0.4, -0.2) is 16.7 Å². The number of nitrogens with one attached hydrogen (secondary N) is 1. The van der Waals surface area contributed by atoms with Gasteiger partial charge in [-0.05, 0) is 18.8 Å². The molecule has 1 heterocycles. The van der Waals surface area contributed by atoms with Crippen LogP contribution in [0.4, 0.5) is 0 Å². The molecule has 16 heavy (non-hydrogen) atoms. The summed E-state index contributed by atoms with van der Waals surface area (Å²) in [5.41, 5.74) is 0.116. The molecule has 0 fully saturated rings. The topological polar surface area (TPSA) is 74.7 Å². The second kappa shape index (κ2) is 5.61. The van der Waals surface area contributed by atoms with E-state index in [1.54, 1.807) is 6.92 Å². The summed E-state index contributed by atoms with van der Waals surface area (Å²) in [5, 5.41) is 15.5. The molecule has 0 unspecified atom stereocenters. The minimum atomic E-state index is 0.116. The first kappa shape index (κ1) is 12.7. The summed E-state index contributed by atoms with van der Waals surface area (Å²) in [6.07, 6.45) is 1.48. The van der Waals surface area contributed by atoms with Gasteiger partial charge >= 0.3 is 0 Å². The fraction of sp³-hybridized carbons (Fsp3) is 0.727. The molecule has 0 amide bonds. The van der Waals surface area contributed by atoms with Gasteiger partial charge in [0.25, 0.3) is 0 Å². The molecule has 1 aromatic rings. The van der Waals surface area contributed by atoms with Gasteiger partial charge in [0, 0.05) is 13.0 Å². The number of rotatable bonds is 6. The molecule has 0 radical (unpaired) electrons. The van der Waals surface area contributed by atoms with E-state index in [2.05, 4.69) is 35.4 Å². The minimum absolute atomic E-state index is 0.116. The molecular weight excluding hydrogens is 204 g/mol. The van der Waals surface area contributed by atoms with Crippen molar-refractivity contribution in [3.8, 4) is 6.07 Å². The summed E-state index contributed by atoms with van der Waals surface area (Å²) in [6.45, 7) is 7.48. The highest BCUT2D eigenvalue weighted by molar-refractivity contribution is 4.83. The maximum absolute atomic E-state index is 8.53. The van der Waals surface area contributed by atoms with Crippen molar-refractivity contribution in [2.75, 3.05) is 6.54 Å². The molecule has 0 aliphatic rings. The lowest BCUT2D eigenvalue weighted by Gasteiger charge is -2.23. The molecule has 1 aromatic heterocycles. The molecule has 0 saturated carbocycles. The van der Waals surface area contributed by atoms with Crippen LogP contribution in [-0.2, 0) is 6.54 Å². The Balaban J connectivity index is 2.27. The first-order valence-electron chi connectivity index (χ1n) is 5.40. The van der Waals surface area contributed by atoms with Gasteiger partial charge in [0.1, 0.15) is 0 Å². The predicted octanol–water partition coefficient (Wildman–Crippen LogP) is 1.80. The van der Waals surface area contributed by atoms with Gasteiger partial charge in [0.2, 0.25) is 5.89 Å². The Hall–Kier alpha value is -1.41. The Morgan fingerprint density at radius 1 is 1.50 bits per heavy atom. The lowest BCUT2D eigenvalue weighted by molar-refractivity contribution is 0.301. The third-order valence-corrected chi connectivity index (χ3v) is 2.36. The molecule has 0 spiro atoms. The zero-order valence-electron chi connectivity index (χ0n) is 10.1. The first-order chi connectivity index (χ1) is 7.53. The van der Waals surface area contributed by atoms with Crippen LogP contribution in [0.3, 0.4) is 0 Å². The van der Waals surface area contributed by atoms with Crippen molar-refractivity contribution in [3.05, 3.63) is 11.7 Å². The van der Waals surface area contributed by atoms with Crippen LogP contribution in [0, 0.1) is 23.7 Å². The highest BCUT2D eigenvalue weighted by Gasteiger charge is 2.17. The standard InChI is InChI=1S/C11H18N4O/c1-9-14-10(16-15-9)7-13-8-11(2,3)5-4-6-12/h13H,4-5,7-8H2,1-3H3. The van der Waals surface area contributed by atoms with E-state index in [9.17, 15) is 0 Å². The van der Waals surface area contributed by atoms with Crippen LogP contribution in [0.2, 0.25) is 0 Å². The molecule has 0 bridgehead atoms. The average Bonchev–Trinajstić information content (AvgIpc) is 2.61. The lowest BCUT2D eigenvalue weighted by Crippen LogP contribution is -2.29. The quantitative estimate of drug-likeness (QED) is 0.794. The molecular formula is C11H18N4O. The van der Waals surface area contributed by atoms with E-state index in [-0.39, 0.29) is 5.41 Å². The summed E-state index contributed by atoms with van der Waals surface area (Å²) in [6, 6.07) is 2.17. The van der Waals surface area contributed by atoms with Crippen LogP contribution in [0.1, 0.15) is 38.4 Å². The van der Waals surface area contributed by atoms with Crippen molar-refractivity contribution in [2.24, 2.45) is 5.41 Å². The lowest BCUT2D eigenvalue weighted by atomic mass is 9.88. The molecule has 5 heteroatoms. The van der Waals surface area contributed by atoms with E-state index >= 15 is 0 Å². The molecule has 88 valence electrons. The predicted molar refractivity (Wildman–Crippen MR) is 59.4 cm³/mol. The molecule has 1 rings (SSSR count). The Bertz CT molecular complexity index is 364. The average molecular weight is 222 g/mol. The summed E-state index contributed by atoms with van der Waals surface area (Å²) in [4.78, 5) is 4.10. The van der Waals surface area contributed by atoms with Gasteiger partial charge in [0.15, 0.2) is 5.82 Å². The van der Waals surface area contributed by atoms with Gasteiger partial charge < -0.3 is 9.84 Å². The monoisotopic (exact) mass is 222 g/mol. The first-order valence-corrected chi connectivity index (χ1v) is 5.40. The van der Waals surface area contributed by atoms with Crippen molar-refractivity contribution in [1.29, 1.82) is 5.26 Å². The van der Waals surface area contributed by atoms with E-state index < -0.39 is 0 Å². The summed E-state index contributed by atoms with van der Waals surface area (Å²) in [7, 11) is 0. The van der Waals surface area contributed by atoms with Gasteiger partial charge in [-0.3, -0.25) is 0 Å². The molecule has 0 saturated heterocycles. The smallest absolute Gasteiger partial charge is 0.240 e.